The fourth-order valence-corrected chi connectivity index (χ4v) is 1.86. The average molecular weight is 250 g/mol. The van der Waals surface area contributed by atoms with E-state index in [1.807, 2.05) is 30.3 Å². The largest absolute Gasteiger partial charge is 0.481 e. The van der Waals surface area contributed by atoms with Gasteiger partial charge < -0.3 is 10.9 Å². The molecular formula is C10H10N4O2S. The Morgan fingerprint density at radius 3 is 2.71 bits per heavy atom. The number of hydrogen-bond acceptors (Lipinski definition) is 5. The van der Waals surface area contributed by atoms with Crippen molar-refractivity contribution in [3.8, 4) is 11.4 Å². The number of rotatable bonds is 4. The molecule has 0 bridgehead atoms. The fourth-order valence-electron chi connectivity index (χ4n) is 1.29. The first-order valence-electron chi connectivity index (χ1n) is 4.79. The molecule has 1 aromatic carbocycles. The quantitative estimate of drug-likeness (QED) is 0.616. The van der Waals surface area contributed by atoms with Crippen molar-refractivity contribution in [3.63, 3.8) is 0 Å². The van der Waals surface area contributed by atoms with Gasteiger partial charge in [-0.2, -0.15) is 0 Å². The van der Waals surface area contributed by atoms with Gasteiger partial charge in [0, 0.05) is 5.56 Å². The number of benzene rings is 1. The lowest BCUT2D eigenvalue weighted by Gasteiger charge is -2.02. The summed E-state index contributed by atoms with van der Waals surface area (Å²) in [5.74, 6) is 5.30. The number of carboxylic acids is 1. The molecule has 1 aromatic heterocycles. The van der Waals surface area contributed by atoms with Crippen molar-refractivity contribution < 1.29 is 9.90 Å². The van der Waals surface area contributed by atoms with Crippen molar-refractivity contribution in [2.24, 2.45) is 0 Å². The highest BCUT2D eigenvalue weighted by Crippen LogP contribution is 2.20. The standard InChI is InChI=1S/C10H10N4O2S/c11-14-9(7-4-2-1-3-5-7)12-13-10(14)17-6-8(15)16/h1-5H,6,11H2,(H,15,16). The molecule has 0 amide bonds. The number of aromatic nitrogens is 3. The summed E-state index contributed by atoms with van der Waals surface area (Å²) in [6.07, 6.45) is 0. The van der Waals surface area contributed by atoms with Gasteiger partial charge in [0.05, 0.1) is 5.75 Å². The number of nitrogens with two attached hydrogens (primary N) is 1. The lowest BCUT2D eigenvalue weighted by Crippen LogP contribution is -2.12. The molecule has 7 heteroatoms. The Morgan fingerprint density at radius 2 is 2.06 bits per heavy atom. The summed E-state index contributed by atoms with van der Waals surface area (Å²) in [7, 11) is 0. The molecule has 17 heavy (non-hydrogen) atoms. The van der Waals surface area contributed by atoms with E-state index < -0.39 is 5.97 Å². The monoisotopic (exact) mass is 250 g/mol. The van der Waals surface area contributed by atoms with Crippen LogP contribution in [-0.2, 0) is 4.79 Å². The second kappa shape index (κ2) is 4.88. The highest BCUT2D eigenvalue weighted by atomic mass is 32.2. The molecule has 0 aliphatic carbocycles. The van der Waals surface area contributed by atoms with Crippen LogP contribution in [0.4, 0.5) is 0 Å². The van der Waals surface area contributed by atoms with Gasteiger partial charge in [0.2, 0.25) is 5.16 Å². The molecule has 0 aliphatic rings. The van der Waals surface area contributed by atoms with E-state index in [1.54, 1.807) is 0 Å². The lowest BCUT2D eigenvalue weighted by molar-refractivity contribution is -0.133. The maximum atomic E-state index is 10.4. The second-order valence-corrected chi connectivity index (χ2v) is 4.17. The number of hydrogen-bond donors (Lipinski definition) is 2. The van der Waals surface area contributed by atoms with Gasteiger partial charge in [-0.05, 0) is 0 Å². The third kappa shape index (κ3) is 2.56. The van der Waals surface area contributed by atoms with Gasteiger partial charge in [-0.1, -0.05) is 42.1 Å². The van der Waals surface area contributed by atoms with E-state index in [2.05, 4.69) is 10.2 Å². The van der Waals surface area contributed by atoms with E-state index >= 15 is 0 Å². The molecule has 0 saturated carbocycles. The van der Waals surface area contributed by atoms with Crippen LogP contribution in [0.5, 0.6) is 0 Å². The van der Waals surface area contributed by atoms with Crippen LogP contribution < -0.4 is 5.84 Å². The molecule has 0 spiro atoms. The molecule has 0 atom stereocenters. The second-order valence-electron chi connectivity index (χ2n) is 3.22. The van der Waals surface area contributed by atoms with Crippen LogP contribution in [0.2, 0.25) is 0 Å². The molecule has 0 radical (unpaired) electrons. The zero-order valence-corrected chi connectivity index (χ0v) is 9.59. The van der Waals surface area contributed by atoms with Crippen molar-refractivity contribution in [2.45, 2.75) is 5.16 Å². The molecule has 0 aliphatic heterocycles. The summed E-state index contributed by atoms with van der Waals surface area (Å²) in [6.45, 7) is 0. The Kier molecular flexibility index (Phi) is 3.29. The summed E-state index contributed by atoms with van der Waals surface area (Å²) in [6, 6.07) is 9.35. The first-order valence-corrected chi connectivity index (χ1v) is 5.77. The van der Waals surface area contributed by atoms with E-state index in [0.717, 1.165) is 17.3 Å². The first-order chi connectivity index (χ1) is 8.18. The number of nitrogen functional groups attached to an aromatic ring is 1. The van der Waals surface area contributed by atoms with Crippen molar-refractivity contribution in [3.05, 3.63) is 30.3 Å². The highest BCUT2D eigenvalue weighted by Gasteiger charge is 2.12. The maximum Gasteiger partial charge on any atom is 0.313 e. The summed E-state index contributed by atoms with van der Waals surface area (Å²) in [5.41, 5.74) is 0.838. The Bertz CT molecular complexity index is 526. The Labute approximate surface area is 101 Å². The van der Waals surface area contributed by atoms with Crippen LogP contribution in [0.1, 0.15) is 0 Å². The van der Waals surface area contributed by atoms with Crippen LogP contribution in [0.15, 0.2) is 35.5 Å². The summed E-state index contributed by atoms with van der Waals surface area (Å²) in [5, 5.41) is 16.7. The lowest BCUT2D eigenvalue weighted by atomic mass is 10.2. The molecule has 0 saturated heterocycles. The van der Waals surface area contributed by atoms with Crippen LogP contribution in [0.25, 0.3) is 11.4 Å². The van der Waals surface area contributed by atoms with Crippen molar-refractivity contribution >= 4 is 17.7 Å². The predicted octanol–water partition coefficient (Wildman–Crippen LogP) is 0.836. The van der Waals surface area contributed by atoms with Gasteiger partial charge in [-0.3, -0.25) is 4.79 Å². The number of thioether (sulfide) groups is 1. The molecule has 0 unspecified atom stereocenters. The van der Waals surface area contributed by atoms with Gasteiger partial charge in [-0.15, -0.1) is 10.2 Å². The predicted molar refractivity (Wildman–Crippen MR) is 64.0 cm³/mol. The molecule has 3 N–H and O–H groups in total. The zero-order valence-electron chi connectivity index (χ0n) is 8.78. The van der Waals surface area contributed by atoms with Crippen molar-refractivity contribution in [1.82, 2.24) is 14.9 Å². The molecule has 2 aromatic rings. The van der Waals surface area contributed by atoms with E-state index in [0.29, 0.717) is 11.0 Å². The molecular weight excluding hydrogens is 240 g/mol. The minimum absolute atomic E-state index is 0.0931. The van der Waals surface area contributed by atoms with Crippen LogP contribution >= 0.6 is 11.8 Å². The molecule has 88 valence electrons. The van der Waals surface area contributed by atoms with Gasteiger partial charge in [0.25, 0.3) is 0 Å². The van der Waals surface area contributed by atoms with Crippen LogP contribution in [0.3, 0.4) is 0 Å². The van der Waals surface area contributed by atoms with E-state index in [-0.39, 0.29) is 5.75 Å². The van der Waals surface area contributed by atoms with Crippen LogP contribution in [-0.4, -0.2) is 31.7 Å². The SMILES string of the molecule is Nn1c(SCC(=O)O)nnc1-c1ccccc1. The Balaban J connectivity index is 2.24. The van der Waals surface area contributed by atoms with Gasteiger partial charge in [0.1, 0.15) is 0 Å². The molecule has 6 nitrogen and oxygen atoms in total. The van der Waals surface area contributed by atoms with E-state index in [4.69, 9.17) is 10.9 Å². The van der Waals surface area contributed by atoms with Crippen LogP contribution in [0, 0.1) is 0 Å². The number of carbonyl (C=O) groups is 1. The first kappa shape index (κ1) is 11.5. The molecule has 0 fully saturated rings. The van der Waals surface area contributed by atoms with E-state index in [9.17, 15) is 4.79 Å². The van der Waals surface area contributed by atoms with E-state index in [1.165, 1.54) is 4.68 Å². The van der Waals surface area contributed by atoms with Crippen molar-refractivity contribution in [2.75, 3.05) is 11.6 Å². The van der Waals surface area contributed by atoms with Gasteiger partial charge in [0.15, 0.2) is 5.82 Å². The number of aliphatic carboxylic acids is 1. The highest BCUT2D eigenvalue weighted by molar-refractivity contribution is 7.99. The number of nitrogens with zero attached hydrogens (tertiary/aromatic N) is 3. The maximum absolute atomic E-state index is 10.4. The number of carboxylic acid groups (broad SMARTS) is 1. The Morgan fingerprint density at radius 1 is 1.35 bits per heavy atom. The van der Waals surface area contributed by atoms with Gasteiger partial charge in [-0.25, -0.2) is 4.68 Å². The van der Waals surface area contributed by atoms with Gasteiger partial charge >= 0.3 is 5.97 Å². The third-order valence-electron chi connectivity index (χ3n) is 2.02. The molecule has 2 rings (SSSR count). The third-order valence-corrected chi connectivity index (χ3v) is 2.95. The minimum atomic E-state index is -0.917. The topological polar surface area (TPSA) is 94.0 Å². The fraction of sp³-hybridized carbons (Fsp3) is 0.100. The average Bonchev–Trinajstić information content (AvgIpc) is 2.69. The summed E-state index contributed by atoms with van der Waals surface area (Å²) >= 11 is 1.04. The summed E-state index contributed by atoms with van der Waals surface area (Å²) < 4.78 is 1.29. The molecule has 1 heterocycles. The smallest absolute Gasteiger partial charge is 0.313 e. The normalized spacial score (nSPS) is 10.4. The van der Waals surface area contributed by atoms with Crippen molar-refractivity contribution in [1.29, 1.82) is 0 Å². The Hall–Kier alpha value is -2.02. The summed E-state index contributed by atoms with van der Waals surface area (Å²) in [4.78, 5) is 10.4. The minimum Gasteiger partial charge on any atom is -0.481 e. The zero-order chi connectivity index (χ0) is 12.3.